The molecule has 1 N–H and O–H groups in total. The normalized spacial score (nSPS) is 19.4. The Morgan fingerprint density at radius 1 is 1.07 bits per heavy atom. The maximum Gasteiger partial charge on any atom is 0.308 e. The van der Waals surface area contributed by atoms with Gasteiger partial charge in [0.2, 0.25) is 5.91 Å². The molecular formula is C19H18N2O5S. The highest BCUT2D eigenvalue weighted by atomic mass is 32.2. The molecule has 27 heavy (non-hydrogen) atoms. The predicted octanol–water partition coefficient (Wildman–Crippen LogP) is 1.88. The van der Waals surface area contributed by atoms with Crippen LogP contribution in [0.4, 0.5) is 11.4 Å². The van der Waals surface area contributed by atoms with Crippen LogP contribution in [-0.2, 0) is 26.0 Å². The second-order valence-corrected chi connectivity index (χ2v) is 8.56. The predicted molar refractivity (Wildman–Crippen MR) is 99.2 cm³/mol. The molecule has 0 spiro atoms. The van der Waals surface area contributed by atoms with E-state index in [0.29, 0.717) is 24.3 Å². The van der Waals surface area contributed by atoms with E-state index in [1.807, 2.05) is 18.2 Å². The van der Waals surface area contributed by atoms with Crippen LogP contribution in [0.25, 0.3) is 0 Å². The summed E-state index contributed by atoms with van der Waals surface area (Å²) in [6.45, 7) is 0.494. The number of carbonyl (C=O) groups is 2. The van der Waals surface area contributed by atoms with Gasteiger partial charge in [0, 0.05) is 25.2 Å². The van der Waals surface area contributed by atoms with Gasteiger partial charge in [0.25, 0.3) is 10.0 Å². The molecule has 2 heterocycles. The molecule has 0 radical (unpaired) electrons. The first-order valence-electron chi connectivity index (χ1n) is 8.62. The van der Waals surface area contributed by atoms with E-state index in [1.165, 1.54) is 21.3 Å². The van der Waals surface area contributed by atoms with Gasteiger partial charge in [-0.25, -0.2) is 8.42 Å². The van der Waals surface area contributed by atoms with Crippen molar-refractivity contribution >= 4 is 33.3 Å². The molecule has 2 aromatic rings. The van der Waals surface area contributed by atoms with Gasteiger partial charge in [0.05, 0.1) is 16.5 Å². The third-order valence-corrected chi connectivity index (χ3v) is 6.88. The van der Waals surface area contributed by atoms with Gasteiger partial charge in [0.1, 0.15) is 0 Å². The van der Waals surface area contributed by atoms with Crippen molar-refractivity contribution in [2.45, 2.75) is 17.7 Å². The van der Waals surface area contributed by atoms with Crippen molar-refractivity contribution in [1.82, 2.24) is 0 Å². The summed E-state index contributed by atoms with van der Waals surface area (Å²) >= 11 is 0. The second kappa shape index (κ2) is 6.38. The summed E-state index contributed by atoms with van der Waals surface area (Å²) in [6.07, 6.45) is 0.631. The number of carboxylic acid groups (broad SMARTS) is 1. The summed E-state index contributed by atoms with van der Waals surface area (Å²) in [6, 6.07) is 13.5. The van der Waals surface area contributed by atoms with E-state index in [4.69, 9.17) is 5.11 Å². The number of nitrogens with zero attached hydrogens (tertiary/aromatic N) is 2. The second-order valence-electron chi connectivity index (χ2n) is 6.69. The molecule has 1 amide bonds. The van der Waals surface area contributed by atoms with Crippen LogP contribution in [0, 0.1) is 5.92 Å². The molecule has 1 atom stereocenters. The minimum Gasteiger partial charge on any atom is -0.481 e. The van der Waals surface area contributed by atoms with Crippen LogP contribution in [0.5, 0.6) is 0 Å². The molecule has 8 heteroatoms. The van der Waals surface area contributed by atoms with Crippen molar-refractivity contribution in [3.8, 4) is 0 Å². The minimum atomic E-state index is -3.69. The lowest BCUT2D eigenvalue weighted by atomic mass is 10.1. The Morgan fingerprint density at radius 3 is 2.44 bits per heavy atom. The Morgan fingerprint density at radius 2 is 1.78 bits per heavy atom. The molecule has 7 nitrogen and oxygen atoms in total. The largest absolute Gasteiger partial charge is 0.481 e. The highest BCUT2D eigenvalue weighted by Gasteiger charge is 2.35. The zero-order chi connectivity index (χ0) is 19.2. The average molecular weight is 386 g/mol. The number of rotatable bonds is 4. The number of hydrogen-bond acceptors (Lipinski definition) is 4. The summed E-state index contributed by atoms with van der Waals surface area (Å²) < 4.78 is 27.4. The lowest BCUT2D eigenvalue weighted by Crippen LogP contribution is -2.29. The molecule has 2 aliphatic heterocycles. The van der Waals surface area contributed by atoms with Gasteiger partial charge in [0.15, 0.2) is 0 Å². The summed E-state index contributed by atoms with van der Waals surface area (Å²) in [4.78, 5) is 24.7. The molecule has 0 bridgehead atoms. The fourth-order valence-electron chi connectivity index (χ4n) is 3.61. The fraction of sp³-hybridized carbons (Fsp3) is 0.263. The number of hydrogen-bond donors (Lipinski definition) is 1. The Kier molecular flexibility index (Phi) is 4.15. The SMILES string of the molecule is O=C(O)C1CC(=O)N(c2ccc(S(=O)(=O)N3CCc4ccccc43)cc2)C1. The molecule has 2 aromatic carbocycles. The number of fused-ring (bicyclic) bond motifs is 1. The number of para-hydroxylation sites is 1. The molecule has 0 aliphatic carbocycles. The van der Waals surface area contributed by atoms with Crippen LogP contribution in [0.1, 0.15) is 12.0 Å². The molecule has 0 saturated carbocycles. The summed E-state index contributed by atoms with van der Waals surface area (Å²) in [5.41, 5.74) is 2.20. The maximum absolute atomic E-state index is 13.0. The molecule has 1 unspecified atom stereocenters. The molecule has 140 valence electrons. The van der Waals surface area contributed by atoms with Gasteiger partial charge in [-0.05, 0) is 42.3 Å². The molecule has 0 aromatic heterocycles. The average Bonchev–Trinajstić information content (AvgIpc) is 3.26. The third kappa shape index (κ3) is 2.95. The Hall–Kier alpha value is -2.87. The maximum atomic E-state index is 13.0. The van der Waals surface area contributed by atoms with Crippen molar-refractivity contribution in [2.75, 3.05) is 22.3 Å². The molecule has 1 fully saturated rings. The van der Waals surface area contributed by atoms with E-state index < -0.39 is 21.9 Å². The van der Waals surface area contributed by atoms with Gasteiger partial charge >= 0.3 is 5.97 Å². The third-order valence-electron chi connectivity index (χ3n) is 5.06. The summed E-state index contributed by atoms with van der Waals surface area (Å²) in [5, 5.41) is 9.08. The quantitative estimate of drug-likeness (QED) is 0.866. The Labute approximate surface area is 156 Å². The van der Waals surface area contributed by atoms with E-state index >= 15 is 0 Å². The monoisotopic (exact) mass is 386 g/mol. The van der Waals surface area contributed by atoms with E-state index in [0.717, 1.165) is 5.56 Å². The van der Waals surface area contributed by atoms with E-state index in [9.17, 15) is 18.0 Å². The Balaban J connectivity index is 1.59. The first-order valence-corrected chi connectivity index (χ1v) is 10.1. The van der Waals surface area contributed by atoms with Crippen LogP contribution in [0.15, 0.2) is 53.4 Å². The topological polar surface area (TPSA) is 95.0 Å². The van der Waals surface area contributed by atoms with Crippen LogP contribution in [0.2, 0.25) is 0 Å². The lowest BCUT2D eigenvalue weighted by Gasteiger charge is -2.21. The van der Waals surface area contributed by atoms with Gasteiger partial charge < -0.3 is 10.0 Å². The highest BCUT2D eigenvalue weighted by molar-refractivity contribution is 7.92. The van der Waals surface area contributed by atoms with Crippen molar-refractivity contribution in [3.05, 3.63) is 54.1 Å². The van der Waals surface area contributed by atoms with Crippen LogP contribution < -0.4 is 9.21 Å². The summed E-state index contributed by atoms with van der Waals surface area (Å²) in [5.74, 6) is -2.01. The zero-order valence-electron chi connectivity index (χ0n) is 14.4. The number of sulfonamides is 1. The zero-order valence-corrected chi connectivity index (χ0v) is 15.2. The van der Waals surface area contributed by atoms with Crippen LogP contribution in [0.3, 0.4) is 0 Å². The molecule has 1 saturated heterocycles. The van der Waals surface area contributed by atoms with Gasteiger partial charge in [-0.3, -0.25) is 13.9 Å². The van der Waals surface area contributed by atoms with Crippen molar-refractivity contribution in [3.63, 3.8) is 0 Å². The number of anilines is 2. The number of carboxylic acids is 1. The van der Waals surface area contributed by atoms with Crippen molar-refractivity contribution < 1.29 is 23.1 Å². The first-order chi connectivity index (χ1) is 12.9. The molecule has 4 rings (SSSR count). The lowest BCUT2D eigenvalue weighted by molar-refractivity contribution is -0.141. The number of carbonyl (C=O) groups excluding carboxylic acids is 1. The standard InChI is InChI=1S/C19H18N2O5S/c22-18-11-14(19(23)24)12-20(18)15-5-7-16(8-6-15)27(25,26)21-10-9-13-3-1-2-4-17(13)21/h1-8,14H,9-12H2,(H,23,24). The van der Waals surface area contributed by atoms with Gasteiger partial charge in [-0.1, -0.05) is 18.2 Å². The van der Waals surface area contributed by atoms with E-state index in [1.54, 1.807) is 18.2 Å². The minimum absolute atomic E-state index is 0.0417. The molecular weight excluding hydrogens is 368 g/mol. The van der Waals surface area contributed by atoms with E-state index in [2.05, 4.69) is 0 Å². The highest BCUT2D eigenvalue weighted by Crippen LogP contribution is 2.33. The number of benzene rings is 2. The fourth-order valence-corrected chi connectivity index (χ4v) is 5.11. The Bertz CT molecular complexity index is 1020. The van der Waals surface area contributed by atoms with Gasteiger partial charge in [-0.15, -0.1) is 0 Å². The van der Waals surface area contributed by atoms with Crippen molar-refractivity contribution in [2.24, 2.45) is 5.92 Å². The summed E-state index contributed by atoms with van der Waals surface area (Å²) in [7, 11) is -3.69. The number of aliphatic carboxylic acids is 1. The first kappa shape index (κ1) is 17.5. The van der Waals surface area contributed by atoms with E-state index in [-0.39, 0.29) is 23.8 Å². The van der Waals surface area contributed by atoms with Crippen molar-refractivity contribution in [1.29, 1.82) is 0 Å². The molecule has 2 aliphatic rings. The smallest absolute Gasteiger partial charge is 0.308 e. The van der Waals surface area contributed by atoms with Crippen LogP contribution >= 0.6 is 0 Å². The van der Waals surface area contributed by atoms with Crippen LogP contribution in [-0.4, -0.2) is 38.5 Å². The van der Waals surface area contributed by atoms with Gasteiger partial charge in [-0.2, -0.15) is 0 Å². The number of amides is 1.